The normalized spacial score (nSPS) is 11.9. The molecule has 0 aliphatic carbocycles. The molecule has 0 spiro atoms. The van der Waals surface area contributed by atoms with E-state index in [0.29, 0.717) is 23.0 Å². The van der Waals surface area contributed by atoms with Crippen molar-refractivity contribution < 1.29 is 14.6 Å². The molecule has 6 heteroatoms. The summed E-state index contributed by atoms with van der Waals surface area (Å²) in [6.45, 7) is 0. The van der Waals surface area contributed by atoms with Crippen LogP contribution in [0.3, 0.4) is 0 Å². The molecule has 0 radical (unpaired) electrons. The lowest BCUT2D eigenvalue weighted by Gasteiger charge is -2.13. The van der Waals surface area contributed by atoms with Crippen LogP contribution in [-0.4, -0.2) is 34.3 Å². The van der Waals surface area contributed by atoms with Crippen molar-refractivity contribution in [3.8, 4) is 11.6 Å². The summed E-state index contributed by atoms with van der Waals surface area (Å²) in [5.74, 6) is 0.886. The highest BCUT2D eigenvalue weighted by Gasteiger charge is 2.18. The Kier molecular flexibility index (Phi) is 3.69. The van der Waals surface area contributed by atoms with E-state index in [1.54, 1.807) is 24.4 Å². The summed E-state index contributed by atoms with van der Waals surface area (Å²) in [5, 5.41) is 10.2. The maximum atomic E-state index is 10.2. The van der Waals surface area contributed by atoms with Gasteiger partial charge in [0.05, 0.1) is 19.9 Å². The largest absolute Gasteiger partial charge is 0.495 e. The maximum absolute atomic E-state index is 10.2. The Morgan fingerprint density at radius 1 is 1.17 bits per heavy atom. The first-order chi connectivity index (χ1) is 8.76. The van der Waals surface area contributed by atoms with E-state index in [1.807, 2.05) is 0 Å². The average Bonchev–Trinajstić information content (AvgIpc) is 2.46. The summed E-state index contributed by atoms with van der Waals surface area (Å²) in [5.41, 5.74) is 0.805. The Morgan fingerprint density at radius 3 is 2.72 bits per heavy atom. The second kappa shape index (κ2) is 5.42. The van der Waals surface area contributed by atoms with Crippen LogP contribution in [0.15, 0.2) is 30.7 Å². The lowest BCUT2D eigenvalue weighted by atomic mass is 10.1. The smallest absolute Gasteiger partial charge is 0.216 e. The molecule has 0 fully saturated rings. The molecule has 2 heterocycles. The molecule has 94 valence electrons. The number of aromatic nitrogens is 3. The minimum atomic E-state index is -0.988. The molecule has 0 aliphatic heterocycles. The Bertz CT molecular complexity index is 533. The molecule has 0 saturated heterocycles. The molecule has 0 aliphatic rings. The van der Waals surface area contributed by atoms with Gasteiger partial charge in [0.1, 0.15) is 23.9 Å². The van der Waals surface area contributed by atoms with Crippen LogP contribution < -0.4 is 9.47 Å². The maximum Gasteiger partial charge on any atom is 0.216 e. The third-order valence-electron chi connectivity index (χ3n) is 2.43. The van der Waals surface area contributed by atoms with Crippen molar-refractivity contribution in [1.29, 1.82) is 0 Å². The highest BCUT2D eigenvalue weighted by Crippen LogP contribution is 2.27. The molecule has 18 heavy (non-hydrogen) atoms. The van der Waals surface area contributed by atoms with Crippen LogP contribution in [0.1, 0.15) is 17.5 Å². The van der Waals surface area contributed by atoms with Crippen LogP contribution in [0.4, 0.5) is 0 Å². The number of aliphatic hydroxyl groups excluding tert-OH is 1. The van der Waals surface area contributed by atoms with Crippen LogP contribution in [0.25, 0.3) is 0 Å². The van der Waals surface area contributed by atoms with Crippen LogP contribution in [0.2, 0.25) is 0 Å². The minimum Gasteiger partial charge on any atom is -0.495 e. The first-order valence-corrected chi connectivity index (χ1v) is 5.29. The molecule has 0 amide bonds. The molecule has 2 aromatic rings. The Hall–Kier alpha value is -2.21. The van der Waals surface area contributed by atoms with Crippen molar-refractivity contribution >= 4 is 0 Å². The van der Waals surface area contributed by atoms with E-state index in [0.717, 1.165) is 0 Å². The molecule has 0 bridgehead atoms. The summed E-state index contributed by atoms with van der Waals surface area (Å²) in [6, 6.07) is 5.01. The predicted octanol–water partition coefficient (Wildman–Crippen LogP) is 0.970. The summed E-state index contributed by atoms with van der Waals surface area (Å²) < 4.78 is 10.1. The second-order valence-electron chi connectivity index (χ2n) is 3.48. The van der Waals surface area contributed by atoms with Gasteiger partial charge in [-0.25, -0.2) is 9.97 Å². The quantitative estimate of drug-likeness (QED) is 0.867. The first-order valence-electron chi connectivity index (χ1n) is 5.29. The monoisotopic (exact) mass is 247 g/mol. The molecule has 6 nitrogen and oxygen atoms in total. The highest BCUT2D eigenvalue weighted by atomic mass is 16.5. The summed E-state index contributed by atoms with van der Waals surface area (Å²) in [6.07, 6.45) is 1.92. The van der Waals surface area contributed by atoms with Crippen molar-refractivity contribution in [3.63, 3.8) is 0 Å². The zero-order chi connectivity index (χ0) is 13.0. The van der Waals surface area contributed by atoms with Crippen LogP contribution in [0, 0.1) is 0 Å². The number of hydrogen-bond donors (Lipinski definition) is 1. The fourth-order valence-electron chi connectivity index (χ4n) is 1.54. The van der Waals surface area contributed by atoms with Crippen LogP contribution in [-0.2, 0) is 0 Å². The van der Waals surface area contributed by atoms with Gasteiger partial charge >= 0.3 is 0 Å². The zero-order valence-corrected chi connectivity index (χ0v) is 10.1. The second-order valence-corrected chi connectivity index (χ2v) is 3.48. The third-order valence-corrected chi connectivity index (χ3v) is 2.43. The van der Waals surface area contributed by atoms with Crippen molar-refractivity contribution in [2.75, 3.05) is 14.2 Å². The molecule has 1 N–H and O–H groups in total. The van der Waals surface area contributed by atoms with E-state index in [4.69, 9.17) is 9.47 Å². The summed E-state index contributed by atoms with van der Waals surface area (Å²) >= 11 is 0. The standard InChI is InChI=1S/C12H13N3O3/c1-17-9-4-3-5-13-11(9)12(16)8-6-10(18-2)15-7-14-8/h3-7,12,16H,1-2H3. The van der Waals surface area contributed by atoms with Gasteiger partial charge in [0.25, 0.3) is 0 Å². The number of hydrogen-bond acceptors (Lipinski definition) is 6. The molecule has 0 aromatic carbocycles. The van der Waals surface area contributed by atoms with Gasteiger partial charge in [-0.05, 0) is 12.1 Å². The van der Waals surface area contributed by atoms with Gasteiger partial charge in [0, 0.05) is 12.3 Å². The fourth-order valence-corrected chi connectivity index (χ4v) is 1.54. The third kappa shape index (κ3) is 2.38. The van der Waals surface area contributed by atoms with Crippen LogP contribution in [0.5, 0.6) is 11.6 Å². The van der Waals surface area contributed by atoms with Gasteiger partial charge in [0.15, 0.2) is 0 Å². The molecular weight excluding hydrogens is 234 g/mol. The van der Waals surface area contributed by atoms with Gasteiger partial charge in [-0.1, -0.05) is 0 Å². The van der Waals surface area contributed by atoms with E-state index in [-0.39, 0.29) is 0 Å². The van der Waals surface area contributed by atoms with Crippen molar-refractivity contribution in [3.05, 3.63) is 42.1 Å². The first kappa shape index (κ1) is 12.3. The van der Waals surface area contributed by atoms with Crippen molar-refractivity contribution in [2.24, 2.45) is 0 Å². The lowest BCUT2D eigenvalue weighted by Crippen LogP contribution is -2.07. The number of rotatable bonds is 4. The van der Waals surface area contributed by atoms with Crippen molar-refractivity contribution in [1.82, 2.24) is 15.0 Å². The fraction of sp³-hybridized carbons (Fsp3) is 0.250. The van der Waals surface area contributed by atoms with E-state index in [9.17, 15) is 5.11 Å². The lowest BCUT2D eigenvalue weighted by molar-refractivity contribution is 0.203. The summed E-state index contributed by atoms with van der Waals surface area (Å²) in [7, 11) is 3.02. The molecule has 0 saturated carbocycles. The minimum absolute atomic E-state index is 0.383. The zero-order valence-electron chi connectivity index (χ0n) is 10.1. The van der Waals surface area contributed by atoms with Crippen LogP contribution >= 0.6 is 0 Å². The van der Waals surface area contributed by atoms with E-state index in [1.165, 1.54) is 20.5 Å². The summed E-state index contributed by atoms with van der Waals surface area (Å²) in [4.78, 5) is 12.0. The van der Waals surface area contributed by atoms with Gasteiger partial charge in [-0.3, -0.25) is 4.98 Å². The molecule has 2 rings (SSSR count). The number of methoxy groups -OCH3 is 2. The SMILES string of the molecule is COc1cc(C(O)c2ncccc2OC)ncn1. The van der Waals surface area contributed by atoms with E-state index < -0.39 is 6.10 Å². The Morgan fingerprint density at radius 2 is 2.00 bits per heavy atom. The van der Waals surface area contributed by atoms with E-state index >= 15 is 0 Å². The average molecular weight is 247 g/mol. The number of aliphatic hydroxyl groups is 1. The Labute approximate surface area is 104 Å². The van der Waals surface area contributed by atoms with E-state index in [2.05, 4.69) is 15.0 Å². The van der Waals surface area contributed by atoms with Gasteiger partial charge in [0.2, 0.25) is 5.88 Å². The molecule has 1 atom stereocenters. The van der Waals surface area contributed by atoms with Gasteiger partial charge in [-0.2, -0.15) is 0 Å². The Balaban J connectivity index is 2.37. The van der Waals surface area contributed by atoms with Gasteiger partial charge < -0.3 is 14.6 Å². The van der Waals surface area contributed by atoms with Crippen molar-refractivity contribution in [2.45, 2.75) is 6.10 Å². The molecular formula is C12H13N3O3. The van der Waals surface area contributed by atoms with Gasteiger partial charge in [-0.15, -0.1) is 0 Å². The molecule has 2 aromatic heterocycles. The number of nitrogens with zero attached hydrogens (tertiary/aromatic N) is 3. The predicted molar refractivity (Wildman–Crippen MR) is 63.4 cm³/mol. The molecule has 1 unspecified atom stereocenters. The number of pyridine rings is 1. The highest BCUT2D eigenvalue weighted by molar-refractivity contribution is 5.33. The topological polar surface area (TPSA) is 77.4 Å². The number of ether oxygens (including phenoxy) is 2.